The number of amides is 1. The normalized spacial score (nSPS) is 51.5. The van der Waals surface area contributed by atoms with E-state index in [1.54, 1.807) is 0 Å². The summed E-state index contributed by atoms with van der Waals surface area (Å²) in [7, 11) is 0. The van der Waals surface area contributed by atoms with Gasteiger partial charge in [-0.15, -0.1) is 0 Å². The molecule has 0 aliphatic carbocycles. The highest BCUT2D eigenvalue weighted by Gasteiger charge is 2.58. The van der Waals surface area contributed by atoms with Crippen LogP contribution in [0.4, 0.5) is 0 Å². The molecule has 0 bridgehead atoms. The van der Waals surface area contributed by atoms with Gasteiger partial charge in [-0.25, -0.2) is 0 Å². The van der Waals surface area contributed by atoms with Crippen molar-refractivity contribution in [3.05, 3.63) is 0 Å². The Labute approximate surface area is 395 Å². The molecule has 70 heavy (non-hydrogen) atoms. The lowest BCUT2D eigenvalue weighted by molar-refractivity contribution is -0.396. The number of hydrogen-bond acceptors (Lipinski definition) is 31. The Hall–Kier alpha value is -1.73. The number of aliphatic hydroxyl groups is 19. The zero-order chi connectivity index (χ0) is 51.6. The predicted molar refractivity (Wildman–Crippen MR) is 211 cm³/mol. The molecule has 0 radical (unpaired) electrons. The van der Waals surface area contributed by atoms with Gasteiger partial charge in [0.05, 0.1) is 39.6 Å². The number of aliphatic hydroxyl groups excluding tert-OH is 19. The molecule has 1 unspecified atom stereocenters. The number of ether oxygens (including phenoxy) is 11. The fraction of sp³-hybridized carbons (Fsp3) is 0.974. The van der Waals surface area contributed by atoms with Crippen LogP contribution in [0, 0.1) is 0 Å². The van der Waals surface area contributed by atoms with E-state index >= 15 is 0 Å². The quantitative estimate of drug-likeness (QED) is 0.0643. The minimum Gasteiger partial charge on any atom is -0.394 e. The van der Waals surface area contributed by atoms with E-state index in [-0.39, 0.29) is 0 Å². The summed E-state index contributed by atoms with van der Waals surface area (Å²) < 4.78 is 61.3. The lowest BCUT2D eigenvalue weighted by atomic mass is 9.94. The second-order valence-corrected chi connectivity index (χ2v) is 17.5. The van der Waals surface area contributed by atoms with E-state index < -0.39 is 230 Å². The van der Waals surface area contributed by atoms with Gasteiger partial charge in [0.2, 0.25) is 5.91 Å². The van der Waals surface area contributed by atoms with Crippen LogP contribution in [0.1, 0.15) is 6.92 Å². The van der Waals surface area contributed by atoms with Crippen LogP contribution >= 0.6 is 0 Å². The summed E-state index contributed by atoms with van der Waals surface area (Å²) >= 11 is 0. The lowest BCUT2D eigenvalue weighted by Gasteiger charge is -2.50. The Morgan fingerprint density at radius 2 is 0.643 bits per heavy atom. The molecule has 408 valence electrons. The molecule has 0 aromatic carbocycles. The molecule has 20 N–H and O–H groups in total. The standard InChI is InChI=1S/C38H65NO31/c1-8(46)39-15-20(51)16(47)9(2-40)61-34(15)68-30-17(48)10(3-41)63-37(25(30)56)70-32-19(50)12(5-43)64-38(27(32)58)69-31-18(49)11(4-42)62-36(26(31)57)67-29-14(7-45)65-35(24(55)22(29)53)66-28-13(6-44)60-33(59)23(54)21(28)52/h9-38,40-45,47-59H,2-7H2,1H3,(H,39,46)/t9-,10-,11-,12-,13-,14-,15-,16+,17+,18+,19+,20-,21-,22-,23-,24-,25-,26-,27-,28-,29+,30+,31+,32+,33?,34+,35+,36-,37-,38-/m1/s1. The first kappa shape index (κ1) is 57.5. The maximum Gasteiger partial charge on any atom is 0.217 e. The summed E-state index contributed by atoms with van der Waals surface area (Å²) in [5.41, 5.74) is 0. The van der Waals surface area contributed by atoms with Gasteiger partial charge in [0.1, 0.15) is 146 Å². The van der Waals surface area contributed by atoms with Crippen LogP contribution in [-0.2, 0) is 56.9 Å². The third-order valence-corrected chi connectivity index (χ3v) is 12.8. The van der Waals surface area contributed by atoms with Gasteiger partial charge < -0.3 is 154 Å². The van der Waals surface area contributed by atoms with Crippen molar-refractivity contribution in [3.8, 4) is 0 Å². The Kier molecular flexibility index (Phi) is 20.3. The van der Waals surface area contributed by atoms with Gasteiger partial charge in [0.15, 0.2) is 37.7 Å². The molecule has 0 aromatic rings. The van der Waals surface area contributed by atoms with Crippen LogP contribution in [-0.4, -0.2) is 327 Å². The molecule has 6 rings (SSSR count). The zero-order valence-corrected chi connectivity index (χ0v) is 37.0. The second kappa shape index (κ2) is 24.7. The van der Waals surface area contributed by atoms with Crippen LogP contribution in [0.2, 0.25) is 0 Å². The molecule has 1 amide bonds. The van der Waals surface area contributed by atoms with E-state index in [0.717, 1.165) is 6.92 Å². The minimum atomic E-state index is -2.25. The number of carbonyl (C=O) groups excluding carboxylic acids is 1. The smallest absolute Gasteiger partial charge is 0.217 e. The van der Waals surface area contributed by atoms with Crippen molar-refractivity contribution in [2.75, 3.05) is 39.6 Å². The average molecular weight is 1030 g/mol. The molecule has 32 nitrogen and oxygen atoms in total. The van der Waals surface area contributed by atoms with Crippen LogP contribution in [0.3, 0.4) is 0 Å². The van der Waals surface area contributed by atoms with Crippen molar-refractivity contribution in [2.45, 2.75) is 191 Å². The average Bonchev–Trinajstić information content (AvgIpc) is 3.33. The van der Waals surface area contributed by atoms with E-state index in [1.807, 2.05) is 0 Å². The van der Waals surface area contributed by atoms with Gasteiger partial charge in [-0.3, -0.25) is 4.79 Å². The van der Waals surface area contributed by atoms with Gasteiger partial charge >= 0.3 is 0 Å². The summed E-state index contributed by atoms with van der Waals surface area (Å²) in [6.45, 7) is -4.77. The largest absolute Gasteiger partial charge is 0.394 e. The van der Waals surface area contributed by atoms with Gasteiger partial charge in [-0.05, 0) is 0 Å². The highest BCUT2D eigenvalue weighted by molar-refractivity contribution is 5.73. The number of nitrogens with one attached hydrogen (secondary N) is 1. The van der Waals surface area contributed by atoms with Crippen molar-refractivity contribution in [3.63, 3.8) is 0 Å². The van der Waals surface area contributed by atoms with Crippen molar-refractivity contribution >= 4 is 5.91 Å². The van der Waals surface area contributed by atoms with Crippen LogP contribution < -0.4 is 5.32 Å². The van der Waals surface area contributed by atoms with Crippen molar-refractivity contribution in [1.82, 2.24) is 5.32 Å². The van der Waals surface area contributed by atoms with Gasteiger partial charge in [0.25, 0.3) is 0 Å². The first-order chi connectivity index (χ1) is 33.2. The molecule has 0 spiro atoms. The molecule has 6 saturated heterocycles. The maximum absolute atomic E-state index is 12.0. The molecule has 6 heterocycles. The molecular formula is C38H65NO31. The highest BCUT2D eigenvalue weighted by Crippen LogP contribution is 2.37. The first-order valence-electron chi connectivity index (χ1n) is 22.1. The summed E-state index contributed by atoms with van der Waals surface area (Å²) in [6, 6.07) is -1.58. The molecule has 6 aliphatic rings. The Bertz CT molecular complexity index is 1630. The van der Waals surface area contributed by atoms with Crippen LogP contribution in [0.5, 0.6) is 0 Å². The summed E-state index contributed by atoms with van der Waals surface area (Å²) in [4.78, 5) is 12.0. The van der Waals surface area contributed by atoms with Crippen molar-refractivity contribution in [1.29, 1.82) is 0 Å². The van der Waals surface area contributed by atoms with Gasteiger partial charge in [-0.2, -0.15) is 0 Å². The third kappa shape index (κ3) is 11.9. The predicted octanol–water partition coefficient (Wildman–Crippen LogP) is -14.0. The molecule has 6 aliphatic heterocycles. The van der Waals surface area contributed by atoms with E-state index in [4.69, 9.17) is 52.1 Å². The third-order valence-electron chi connectivity index (χ3n) is 12.8. The van der Waals surface area contributed by atoms with Crippen LogP contribution in [0.25, 0.3) is 0 Å². The maximum atomic E-state index is 12.0. The number of rotatable bonds is 17. The van der Waals surface area contributed by atoms with Crippen molar-refractivity contribution in [2.24, 2.45) is 0 Å². The van der Waals surface area contributed by atoms with Gasteiger partial charge in [-0.1, -0.05) is 0 Å². The lowest BCUT2D eigenvalue weighted by Crippen LogP contribution is -2.69. The van der Waals surface area contributed by atoms with E-state index in [1.165, 1.54) is 0 Å². The molecular weight excluding hydrogens is 966 g/mol. The number of hydrogen-bond donors (Lipinski definition) is 20. The first-order valence-corrected chi connectivity index (χ1v) is 22.1. The monoisotopic (exact) mass is 1030 g/mol. The van der Waals surface area contributed by atoms with E-state index in [2.05, 4.69) is 5.32 Å². The number of carbonyl (C=O) groups is 1. The molecule has 6 fully saturated rings. The Balaban J connectivity index is 1.17. The molecule has 0 saturated carbocycles. The Morgan fingerprint density at radius 1 is 0.343 bits per heavy atom. The van der Waals surface area contributed by atoms with Gasteiger partial charge in [0, 0.05) is 6.92 Å². The molecule has 30 atom stereocenters. The highest BCUT2D eigenvalue weighted by atomic mass is 16.8. The second-order valence-electron chi connectivity index (χ2n) is 17.5. The van der Waals surface area contributed by atoms with E-state index in [0.29, 0.717) is 0 Å². The van der Waals surface area contributed by atoms with E-state index in [9.17, 15) is 102 Å². The SMILES string of the molecule is CC(=O)N[C@H]1[C@H](O[C@H]2[C@@H](O)[C@@H](CO)O[C@H](O[C@H]3[C@@H](O)[C@@H](CO)O[C@H](O[C@H]4[C@@H](O)[C@@H](CO)O[C@H](O[C@@H]5[C@H](O)[C@@H](O)[C@H](O[C@H]6[C@H](O)[C@@H](O)C(O)O[C@@H]6CO)O[C@@H]5CO)[C@@H]4O)[C@@H]3O)[C@@H]2O)O[C@H](CO)[C@H](O)[C@@H]1O. The topological polar surface area (TPSA) is 515 Å². The minimum absolute atomic E-state index is 0.752. The van der Waals surface area contributed by atoms with Crippen LogP contribution in [0.15, 0.2) is 0 Å². The zero-order valence-electron chi connectivity index (χ0n) is 37.0. The summed E-state index contributed by atoms with van der Waals surface area (Å²) in [5.74, 6) is -0.752. The molecule has 0 aromatic heterocycles. The fourth-order valence-corrected chi connectivity index (χ4v) is 8.91. The van der Waals surface area contributed by atoms with Crippen molar-refractivity contribution < 1.29 is 154 Å². The molecule has 32 heteroatoms. The Morgan fingerprint density at radius 3 is 1.03 bits per heavy atom. The summed E-state index contributed by atoms with van der Waals surface area (Å²) in [6.07, 6.45) is -55.8. The fourth-order valence-electron chi connectivity index (χ4n) is 8.91. The summed E-state index contributed by atoms with van der Waals surface area (Å²) in [5, 5.41) is 204.